The van der Waals surface area contributed by atoms with Crippen LogP contribution in [0.15, 0.2) is 205 Å². The van der Waals surface area contributed by atoms with Gasteiger partial charge in [-0.15, -0.1) is 0 Å². The molecule has 0 aliphatic carbocycles. The highest BCUT2D eigenvalue weighted by Gasteiger charge is 2.24. The summed E-state index contributed by atoms with van der Waals surface area (Å²) in [5.74, 6) is 0. The summed E-state index contributed by atoms with van der Waals surface area (Å²) in [6, 6.07) is 73.7. The van der Waals surface area contributed by atoms with Crippen LogP contribution in [0.3, 0.4) is 0 Å². The van der Waals surface area contributed by atoms with Crippen molar-refractivity contribution in [3.8, 4) is 33.4 Å². The first-order valence-corrected chi connectivity index (χ1v) is 22.5. The number of furan rings is 1. The van der Waals surface area contributed by atoms with Crippen molar-refractivity contribution in [3.05, 3.63) is 211 Å². The van der Waals surface area contributed by atoms with Gasteiger partial charge in [-0.3, -0.25) is 0 Å². The first kappa shape index (κ1) is 39.4. The Morgan fingerprint density at radius 3 is 1.73 bits per heavy atom. The molecule has 11 aromatic rings. The van der Waals surface area contributed by atoms with Gasteiger partial charge in [-0.25, -0.2) is 0 Å². The van der Waals surface area contributed by atoms with E-state index in [9.17, 15) is 0 Å². The molecule has 0 atom stereocenters. The molecule has 11 rings (SSSR count). The van der Waals surface area contributed by atoms with E-state index in [2.05, 4.69) is 241 Å². The van der Waals surface area contributed by atoms with Crippen molar-refractivity contribution in [2.75, 3.05) is 4.90 Å². The second-order valence-corrected chi connectivity index (χ2v) is 19.4. The molecule has 0 radical (unpaired) electrons. The summed E-state index contributed by atoms with van der Waals surface area (Å²) in [4.78, 5) is 2.44. The lowest BCUT2D eigenvalue weighted by Gasteiger charge is -2.29. The van der Waals surface area contributed by atoms with Crippen molar-refractivity contribution in [1.29, 1.82) is 0 Å². The molecule has 0 saturated carbocycles. The Morgan fingerprint density at radius 1 is 0.344 bits per heavy atom. The second kappa shape index (κ2) is 15.1. The zero-order chi connectivity index (χ0) is 43.7. The van der Waals surface area contributed by atoms with Crippen LogP contribution in [0.4, 0.5) is 17.1 Å². The van der Waals surface area contributed by atoms with Gasteiger partial charge in [-0.2, -0.15) is 0 Å². The number of benzene rings is 10. The van der Waals surface area contributed by atoms with Crippen LogP contribution in [0.1, 0.15) is 52.7 Å². The highest BCUT2D eigenvalue weighted by Crippen LogP contribution is 2.47. The minimum atomic E-state index is -0.00764. The summed E-state index contributed by atoms with van der Waals surface area (Å²) >= 11 is 0. The molecule has 2 heteroatoms. The minimum Gasteiger partial charge on any atom is -0.456 e. The van der Waals surface area contributed by atoms with E-state index in [1.54, 1.807) is 0 Å². The number of fused-ring (bicyclic) bond motifs is 7. The number of nitrogens with zero attached hydrogens (tertiary/aromatic N) is 1. The van der Waals surface area contributed by atoms with Crippen LogP contribution in [0.5, 0.6) is 0 Å². The third-order valence-corrected chi connectivity index (χ3v) is 13.1. The fourth-order valence-corrected chi connectivity index (χ4v) is 9.74. The Bertz CT molecular complexity index is 3550. The number of hydrogen-bond acceptors (Lipinski definition) is 2. The topological polar surface area (TPSA) is 16.4 Å². The van der Waals surface area contributed by atoms with Crippen molar-refractivity contribution < 1.29 is 4.42 Å². The van der Waals surface area contributed by atoms with Gasteiger partial charge in [0, 0.05) is 27.7 Å². The molecule has 0 fully saturated rings. The maximum atomic E-state index is 6.38. The summed E-state index contributed by atoms with van der Waals surface area (Å²) in [7, 11) is 0. The van der Waals surface area contributed by atoms with Crippen LogP contribution < -0.4 is 4.90 Å². The van der Waals surface area contributed by atoms with E-state index in [1.165, 1.54) is 65.7 Å². The van der Waals surface area contributed by atoms with Gasteiger partial charge in [0.25, 0.3) is 0 Å². The minimum absolute atomic E-state index is 0.00764. The zero-order valence-electron chi connectivity index (χ0n) is 37.4. The molecule has 0 spiro atoms. The molecule has 0 aliphatic heterocycles. The van der Waals surface area contributed by atoms with Crippen molar-refractivity contribution in [3.63, 3.8) is 0 Å². The lowest BCUT2D eigenvalue weighted by molar-refractivity contribution is 0.569. The monoisotopic (exact) mass is 825 g/mol. The quantitative estimate of drug-likeness (QED) is 0.155. The first-order chi connectivity index (χ1) is 31.0. The summed E-state index contributed by atoms with van der Waals surface area (Å²) in [5, 5.41) is 9.67. The molecule has 0 unspecified atom stereocenters. The molecular weight excluding hydrogens is 775 g/mol. The lowest BCUT2D eigenvalue weighted by atomic mass is 9.78. The van der Waals surface area contributed by atoms with E-state index in [1.807, 2.05) is 6.07 Å². The number of para-hydroxylation sites is 2. The highest BCUT2D eigenvalue weighted by atomic mass is 16.3. The number of anilines is 3. The predicted octanol–water partition coefficient (Wildman–Crippen LogP) is 18.1. The SMILES string of the molecule is CC(C)(C)c1cc(-c2cccc3cccc(-c4ccccc4N(c4cccc(-c5cccc6c5ccc5ccccc56)c4)c4ccc5oc6ccccc6c5c4)c23)cc(C(C)(C)C)c1. The Hall–Kier alpha value is -7.42. The first-order valence-electron chi connectivity index (χ1n) is 22.5. The fraction of sp³-hybridized carbons (Fsp3) is 0.129. The fourth-order valence-electron chi connectivity index (χ4n) is 9.74. The molecule has 0 N–H and O–H groups in total. The van der Waals surface area contributed by atoms with Crippen LogP contribution in [-0.4, -0.2) is 0 Å². The van der Waals surface area contributed by atoms with Gasteiger partial charge in [-0.1, -0.05) is 199 Å². The van der Waals surface area contributed by atoms with Gasteiger partial charge in [-0.05, 0) is 125 Å². The van der Waals surface area contributed by atoms with Crippen molar-refractivity contribution in [2.24, 2.45) is 0 Å². The molecule has 0 bridgehead atoms. The van der Waals surface area contributed by atoms with Crippen LogP contribution in [0.25, 0.3) is 87.6 Å². The summed E-state index contributed by atoms with van der Waals surface area (Å²) < 4.78 is 6.38. The van der Waals surface area contributed by atoms with E-state index in [4.69, 9.17) is 4.42 Å². The normalized spacial score (nSPS) is 12.2. The van der Waals surface area contributed by atoms with Gasteiger partial charge in [0.2, 0.25) is 0 Å². The molecule has 1 heterocycles. The van der Waals surface area contributed by atoms with Crippen LogP contribution in [-0.2, 0) is 10.8 Å². The number of hydrogen-bond donors (Lipinski definition) is 0. The summed E-state index contributed by atoms with van der Waals surface area (Å²) in [5.41, 5.74) is 14.9. The van der Waals surface area contributed by atoms with E-state index in [-0.39, 0.29) is 10.8 Å². The maximum absolute atomic E-state index is 6.38. The molecule has 1 aromatic heterocycles. The van der Waals surface area contributed by atoms with E-state index in [0.717, 1.165) is 50.1 Å². The predicted molar refractivity (Wildman–Crippen MR) is 275 cm³/mol. The van der Waals surface area contributed by atoms with Crippen molar-refractivity contribution in [2.45, 2.75) is 52.4 Å². The Labute approximate surface area is 376 Å². The highest BCUT2D eigenvalue weighted by molar-refractivity contribution is 6.13. The van der Waals surface area contributed by atoms with Crippen LogP contribution in [0, 0.1) is 0 Å². The van der Waals surface area contributed by atoms with Crippen LogP contribution in [0.2, 0.25) is 0 Å². The number of rotatable bonds is 6. The van der Waals surface area contributed by atoms with Gasteiger partial charge < -0.3 is 9.32 Å². The average Bonchev–Trinajstić information content (AvgIpc) is 3.69. The van der Waals surface area contributed by atoms with E-state index < -0.39 is 0 Å². The Balaban J connectivity index is 1.15. The average molecular weight is 826 g/mol. The summed E-state index contributed by atoms with van der Waals surface area (Å²) in [6.45, 7) is 13.9. The molecule has 2 nitrogen and oxygen atoms in total. The summed E-state index contributed by atoms with van der Waals surface area (Å²) in [6.07, 6.45) is 0. The molecule has 0 saturated heterocycles. The van der Waals surface area contributed by atoms with Crippen LogP contribution >= 0.6 is 0 Å². The largest absolute Gasteiger partial charge is 0.456 e. The molecule has 0 amide bonds. The third kappa shape index (κ3) is 6.82. The van der Waals surface area contributed by atoms with Gasteiger partial charge in [0.15, 0.2) is 0 Å². The molecule has 0 aliphatic rings. The van der Waals surface area contributed by atoms with Gasteiger partial charge >= 0.3 is 0 Å². The van der Waals surface area contributed by atoms with Crippen molar-refractivity contribution >= 4 is 71.3 Å². The standard InChI is InChI=1S/C62H51NO/c1-61(2,3)44-35-43(36-45(38-44)62(4,5)6)50-26-14-18-41-19-15-28-55(60(41)50)53-23-9-11-29-57(53)63(47-32-34-59-56(39-47)54-24-10-12-30-58(54)64-59)46-21-13-20-42(37-46)49-25-16-27-51-48-22-8-7-17-40(48)31-33-52(49)51/h7-39H,1-6H3. The molecule has 10 aromatic carbocycles. The lowest BCUT2D eigenvalue weighted by Crippen LogP contribution is -2.16. The van der Waals surface area contributed by atoms with Gasteiger partial charge in [0.1, 0.15) is 11.2 Å². The smallest absolute Gasteiger partial charge is 0.135 e. The van der Waals surface area contributed by atoms with Gasteiger partial charge in [0.05, 0.1) is 5.69 Å². The third-order valence-electron chi connectivity index (χ3n) is 13.1. The maximum Gasteiger partial charge on any atom is 0.135 e. The second-order valence-electron chi connectivity index (χ2n) is 19.4. The molecule has 64 heavy (non-hydrogen) atoms. The van der Waals surface area contributed by atoms with Crippen molar-refractivity contribution in [1.82, 2.24) is 0 Å². The van der Waals surface area contributed by atoms with E-state index >= 15 is 0 Å². The van der Waals surface area contributed by atoms with E-state index in [0.29, 0.717) is 0 Å². The zero-order valence-corrected chi connectivity index (χ0v) is 37.4. The Morgan fingerprint density at radius 2 is 0.938 bits per heavy atom. The molecule has 310 valence electrons. The molecular formula is C62H51NO. The Kier molecular flexibility index (Phi) is 9.33.